The molecule has 0 aliphatic carbocycles. The summed E-state index contributed by atoms with van der Waals surface area (Å²) in [4.78, 5) is 25.7. The quantitative estimate of drug-likeness (QED) is 0.479. The first-order valence-electron chi connectivity index (χ1n) is 10.4. The molecule has 2 aromatic carbocycles. The Labute approximate surface area is 186 Å². The first-order chi connectivity index (χ1) is 15.2. The van der Waals surface area contributed by atoms with Crippen LogP contribution in [-0.4, -0.2) is 49.2 Å². The first-order valence-corrected chi connectivity index (χ1v) is 10.4. The summed E-state index contributed by atoms with van der Waals surface area (Å²) in [6.45, 7) is 2.54. The molecule has 32 heavy (non-hydrogen) atoms. The third-order valence-corrected chi connectivity index (χ3v) is 5.17. The largest absolute Gasteiger partial charge is 0.496 e. The van der Waals surface area contributed by atoms with Crippen LogP contribution >= 0.6 is 0 Å². The number of aryl methyl sites for hydroxylation is 1. The molecule has 0 aromatic heterocycles. The second-order valence-corrected chi connectivity index (χ2v) is 7.53. The summed E-state index contributed by atoms with van der Waals surface area (Å²) in [6, 6.07) is 6.66. The number of ether oxygens (including phenoxy) is 2. The molecule has 8 heteroatoms. The summed E-state index contributed by atoms with van der Waals surface area (Å²) in [5, 5.41) is 8.85. The number of benzene rings is 2. The van der Waals surface area contributed by atoms with Gasteiger partial charge in [0.15, 0.2) is 0 Å². The lowest BCUT2D eigenvalue weighted by molar-refractivity contribution is -0.137. The number of hydrogen-bond acceptors (Lipinski definition) is 4. The van der Waals surface area contributed by atoms with E-state index in [0.717, 1.165) is 11.6 Å². The van der Waals surface area contributed by atoms with Crippen molar-refractivity contribution in [1.29, 1.82) is 0 Å². The Morgan fingerprint density at radius 1 is 0.906 bits per heavy atom. The van der Waals surface area contributed by atoms with Crippen molar-refractivity contribution in [3.63, 3.8) is 0 Å². The van der Waals surface area contributed by atoms with Gasteiger partial charge in [-0.2, -0.15) is 0 Å². The van der Waals surface area contributed by atoms with E-state index in [1.165, 1.54) is 26.4 Å². The van der Waals surface area contributed by atoms with Gasteiger partial charge < -0.3 is 19.5 Å². The number of carboxylic acids is 1. The number of unbranched alkanes of at least 4 members (excludes halogenated alkanes) is 1. The predicted molar refractivity (Wildman–Crippen MR) is 116 cm³/mol. The highest BCUT2D eigenvalue weighted by Crippen LogP contribution is 2.30. The number of hydrogen-bond donors (Lipinski definition) is 1. The SMILES string of the molecule is COc1cc(C(=O)N(CCCCC(=O)O)CCCc2cc(F)cc(F)c2)cc(OC)c1C. The first kappa shape index (κ1) is 25.1. The van der Waals surface area contributed by atoms with Gasteiger partial charge in [0.05, 0.1) is 14.2 Å². The topological polar surface area (TPSA) is 76.1 Å². The van der Waals surface area contributed by atoms with Crippen LogP contribution in [0.4, 0.5) is 8.78 Å². The number of nitrogens with zero attached hydrogens (tertiary/aromatic N) is 1. The maximum absolute atomic E-state index is 13.4. The Morgan fingerprint density at radius 3 is 2.00 bits per heavy atom. The molecule has 0 aliphatic rings. The zero-order valence-electron chi connectivity index (χ0n) is 18.6. The second-order valence-electron chi connectivity index (χ2n) is 7.53. The molecule has 0 aliphatic heterocycles. The smallest absolute Gasteiger partial charge is 0.303 e. The van der Waals surface area contributed by atoms with Gasteiger partial charge in [0.2, 0.25) is 0 Å². The van der Waals surface area contributed by atoms with Crippen LogP contribution in [0.5, 0.6) is 11.5 Å². The Bertz CT molecular complexity index is 903. The average Bonchev–Trinajstić information content (AvgIpc) is 2.74. The van der Waals surface area contributed by atoms with Crippen molar-refractivity contribution in [1.82, 2.24) is 4.90 Å². The third kappa shape index (κ3) is 7.21. The number of rotatable bonds is 12. The molecule has 6 nitrogen and oxygen atoms in total. The van der Waals surface area contributed by atoms with E-state index in [0.29, 0.717) is 61.4 Å². The Balaban J connectivity index is 2.15. The average molecular weight is 449 g/mol. The summed E-state index contributed by atoms with van der Waals surface area (Å²) in [6.07, 6.45) is 1.88. The van der Waals surface area contributed by atoms with Crippen LogP contribution in [0.25, 0.3) is 0 Å². The van der Waals surface area contributed by atoms with E-state index in [1.807, 2.05) is 6.92 Å². The molecule has 1 amide bonds. The molecule has 2 aromatic rings. The summed E-state index contributed by atoms with van der Waals surface area (Å²) in [7, 11) is 3.02. The molecule has 0 saturated heterocycles. The minimum absolute atomic E-state index is 0.0246. The van der Waals surface area contributed by atoms with Crippen molar-refractivity contribution in [2.24, 2.45) is 0 Å². The highest BCUT2D eigenvalue weighted by Gasteiger charge is 2.19. The number of carboxylic acid groups (broad SMARTS) is 1. The van der Waals surface area contributed by atoms with Crippen molar-refractivity contribution in [3.05, 3.63) is 58.7 Å². The van der Waals surface area contributed by atoms with E-state index < -0.39 is 17.6 Å². The molecule has 1 N–H and O–H groups in total. The molecule has 0 radical (unpaired) electrons. The molecule has 0 unspecified atom stereocenters. The van der Waals surface area contributed by atoms with Crippen molar-refractivity contribution in [2.75, 3.05) is 27.3 Å². The number of aliphatic carboxylic acids is 1. The molecular formula is C24H29F2NO5. The maximum atomic E-state index is 13.4. The minimum atomic E-state index is -0.885. The van der Waals surface area contributed by atoms with Gasteiger partial charge >= 0.3 is 5.97 Å². The van der Waals surface area contributed by atoms with E-state index in [1.54, 1.807) is 17.0 Å². The van der Waals surface area contributed by atoms with Crippen LogP contribution in [0, 0.1) is 18.6 Å². The zero-order chi connectivity index (χ0) is 23.7. The second kappa shape index (κ2) is 12.0. The lowest BCUT2D eigenvalue weighted by Crippen LogP contribution is -2.33. The summed E-state index contributed by atoms with van der Waals surface area (Å²) in [5.41, 5.74) is 1.67. The molecule has 174 valence electrons. The van der Waals surface area contributed by atoms with Crippen LogP contribution in [-0.2, 0) is 11.2 Å². The number of methoxy groups -OCH3 is 2. The van der Waals surface area contributed by atoms with Gasteiger partial charge in [-0.15, -0.1) is 0 Å². The lowest BCUT2D eigenvalue weighted by Gasteiger charge is -2.24. The molecule has 0 fully saturated rings. The fourth-order valence-electron chi connectivity index (χ4n) is 3.52. The van der Waals surface area contributed by atoms with Gasteiger partial charge in [0.25, 0.3) is 5.91 Å². The van der Waals surface area contributed by atoms with Gasteiger partial charge in [-0.25, -0.2) is 8.78 Å². The van der Waals surface area contributed by atoms with E-state index >= 15 is 0 Å². The van der Waals surface area contributed by atoms with Crippen LogP contribution in [0.2, 0.25) is 0 Å². The van der Waals surface area contributed by atoms with E-state index in [4.69, 9.17) is 14.6 Å². The molecule has 0 atom stereocenters. The number of halogens is 2. The lowest BCUT2D eigenvalue weighted by atomic mass is 10.1. The fraction of sp³-hybridized carbons (Fsp3) is 0.417. The third-order valence-electron chi connectivity index (χ3n) is 5.17. The number of amides is 1. The number of carbonyl (C=O) groups excluding carboxylic acids is 1. The predicted octanol–water partition coefficient (Wildman–Crippen LogP) is 4.62. The van der Waals surface area contributed by atoms with Crippen LogP contribution in [0.3, 0.4) is 0 Å². The summed E-state index contributed by atoms with van der Waals surface area (Å²) < 4.78 is 37.6. The van der Waals surface area contributed by atoms with Gasteiger partial charge in [0, 0.05) is 36.7 Å². The van der Waals surface area contributed by atoms with Gasteiger partial charge in [-0.3, -0.25) is 9.59 Å². The summed E-state index contributed by atoms with van der Waals surface area (Å²) >= 11 is 0. The zero-order valence-corrected chi connectivity index (χ0v) is 18.6. The molecule has 0 spiro atoms. The van der Waals surface area contributed by atoms with Gasteiger partial charge in [0.1, 0.15) is 23.1 Å². The van der Waals surface area contributed by atoms with E-state index in [-0.39, 0.29) is 12.3 Å². The van der Waals surface area contributed by atoms with Crippen LogP contribution in [0.15, 0.2) is 30.3 Å². The van der Waals surface area contributed by atoms with Crippen molar-refractivity contribution in [3.8, 4) is 11.5 Å². The Hall–Kier alpha value is -3.16. The van der Waals surface area contributed by atoms with E-state index in [9.17, 15) is 18.4 Å². The normalized spacial score (nSPS) is 10.7. The van der Waals surface area contributed by atoms with Crippen LogP contribution in [0.1, 0.15) is 47.2 Å². The Morgan fingerprint density at radius 2 is 1.47 bits per heavy atom. The van der Waals surface area contributed by atoms with Gasteiger partial charge in [-0.1, -0.05) is 0 Å². The fourth-order valence-corrected chi connectivity index (χ4v) is 3.52. The highest BCUT2D eigenvalue weighted by molar-refractivity contribution is 5.95. The number of carbonyl (C=O) groups is 2. The summed E-state index contributed by atoms with van der Waals surface area (Å²) in [5.74, 6) is -1.37. The molecule has 2 rings (SSSR count). The maximum Gasteiger partial charge on any atom is 0.303 e. The molecular weight excluding hydrogens is 420 g/mol. The molecule has 0 bridgehead atoms. The molecule has 0 saturated carbocycles. The van der Waals surface area contributed by atoms with Gasteiger partial charge in [-0.05, 0) is 62.4 Å². The van der Waals surface area contributed by atoms with Crippen molar-refractivity contribution < 1.29 is 33.0 Å². The minimum Gasteiger partial charge on any atom is -0.496 e. The standard InChI is InChI=1S/C24H29F2NO5/c1-16-21(31-2)13-18(14-22(16)32-3)24(30)27(9-5-4-8-23(28)29)10-6-7-17-11-19(25)15-20(26)12-17/h11-15H,4-10H2,1-3H3,(H,28,29). The highest BCUT2D eigenvalue weighted by atomic mass is 19.1. The van der Waals surface area contributed by atoms with Crippen molar-refractivity contribution in [2.45, 2.75) is 39.0 Å². The van der Waals surface area contributed by atoms with Crippen molar-refractivity contribution >= 4 is 11.9 Å². The van der Waals surface area contributed by atoms with Crippen LogP contribution < -0.4 is 9.47 Å². The Kier molecular flexibility index (Phi) is 9.43. The van der Waals surface area contributed by atoms with E-state index in [2.05, 4.69) is 0 Å². The molecule has 0 heterocycles. The monoisotopic (exact) mass is 449 g/mol.